The lowest BCUT2D eigenvalue weighted by Crippen LogP contribution is -2.13. The van der Waals surface area contributed by atoms with E-state index in [1.54, 1.807) is 12.5 Å². The smallest absolute Gasteiger partial charge is 0.274 e. The first-order chi connectivity index (χ1) is 9.16. The van der Waals surface area contributed by atoms with E-state index in [0.717, 1.165) is 17.1 Å². The van der Waals surface area contributed by atoms with Gasteiger partial charge < -0.3 is 8.84 Å². The molecule has 0 spiro atoms. The van der Waals surface area contributed by atoms with Gasteiger partial charge in [0.1, 0.15) is 11.5 Å². The molecule has 1 heterocycles. The molecule has 3 nitrogen and oxygen atoms in total. The molecule has 2 rings (SSSR count). The minimum absolute atomic E-state index is 0.0441. The Hall–Kier alpha value is -1.81. The van der Waals surface area contributed by atoms with E-state index < -0.39 is 9.04 Å². The second-order valence-electron chi connectivity index (χ2n) is 4.52. The van der Waals surface area contributed by atoms with Crippen LogP contribution in [0.3, 0.4) is 0 Å². The molecular weight excluding hydrogens is 254 g/mol. The maximum atomic E-state index is 5.91. The third-order valence-electron chi connectivity index (χ3n) is 2.65. The molecule has 1 aromatic heterocycles. The zero-order valence-corrected chi connectivity index (χ0v) is 12.5. The average molecular weight is 272 g/mol. The number of aliphatic imine (C=N–C) groups is 1. The van der Waals surface area contributed by atoms with Gasteiger partial charge in [-0.3, -0.25) is 4.99 Å². The van der Waals surface area contributed by atoms with Crippen LogP contribution in [0.2, 0.25) is 13.1 Å². The van der Waals surface area contributed by atoms with Crippen LogP contribution < -0.4 is 4.43 Å². The summed E-state index contributed by atoms with van der Waals surface area (Å²) in [6.07, 6.45) is 3.40. The minimum atomic E-state index is -0.770. The summed E-state index contributed by atoms with van der Waals surface area (Å²) in [5.74, 6) is 1.70. The topological polar surface area (TPSA) is 34.7 Å². The normalized spacial score (nSPS) is 13.1. The van der Waals surface area contributed by atoms with E-state index >= 15 is 0 Å². The first-order valence-corrected chi connectivity index (χ1v) is 8.71. The monoisotopic (exact) mass is 272 g/mol. The van der Waals surface area contributed by atoms with Crippen LogP contribution in [0.15, 0.2) is 52.1 Å². The Bertz CT molecular complexity index is 535. The molecule has 0 N–H and O–H groups in total. The summed E-state index contributed by atoms with van der Waals surface area (Å²) in [6.45, 7) is 6.30. The van der Waals surface area contributed by atoms with Crippen molar-refractivity contribution in [3.05, 3.63) is 54.0 Å². The number of rotatable bonds is 5. The molecule has 0 saturated heterocycles. The van der Waals surface area contributed by atoms with Crippen LogP contribution in [0.4, 0.5) is 0 Å². The highest BCUT2D eigenvalue weighted by atomic mass is 28.3. The predicted octanol–water partition coefficient (Wildman–Crippen LogP) is 4.09. The fourth-order valence-corrected chi connectivity index (χ4v) is 2.39. The van der Waals surface area contributed by atoms with Crippen LogP contribution in [0.5, 0.6) is 5.75 Å². The van der Waals surface area contributed by atoms with E-state index in [9.17, 15) is 0 Å². The molecule has 2 aromatic rings. The molecule has 0 amide bonds. The summed E-state index contributed by atoms with van der Waals surface area (Å²) in [7, 11) is -0.770. The summed E-state index contributed by atoms with van der Waals surface area (Å²) in [6, 6.07) is 11.9. The van der Waals surface area contributed by atoms with Gasteiger partial charge in [-0.15, -0.1) is 0 Å². The van der Waals surface area contributed by atoms with Crippen LogP contribution in [-0.4, -0.2) is 15.3 Å². The van der Waals surface area contributed by atoms with Crippen molar-refractivity contribution in [2.45, 2.75) is 26.1 Å². The molecule has 0 saturated carbocycles. The van der Waals surface area contributed by atoms with Gasteiger partial charge in [0.15, 0.2) is 0 Å². The largest absolute Gasteiger partial charge is 0.542 e. The van der Waals surface area contributed by atoms with Crippen molar-refractivity contribution >= 4 is 15.3 Å². The van der Waals surface area contributed by atoms with Crippen LogP contribution >= 0.6 is 0 Å². The molecule has 1 atom stereocenters. The Morgan fingerprint density at radius 3 is 2.68 bits per heavy atom. The Labute approximate surface area is 115 Å². The van der Waals surface area contributed by atoms with Crippen molar-refractivity contribution in [2.75, 3.05) is 0 Å². The molecule has 0 bridgehead atoms. The number of para-hydroxylation sites is 1. The molecule has 1 aromatic carbocycles. The highest BCUT2D eigenvalue weighted by Crippen LogP contribution is 2.27. The van der Waals surface area contributed by atoms with Gasteiger partial charge >= 0.3 is 0 Å². The van der Waals surface area contributed by atoms with E-state index in [1.165, 1.54) is 0 Å². The predicted molar refractivity (Wildman–Crippen MR) is 79.3 cm³/mol. The van der Waals surface area contributed by atoms with E-state index in [-0.39, 0.29) is 6.04 Å². The highest BCUT2D eigenvalue weighted by molar-refractivity contribution is 6.49. The SMILES string of the molecule is CC(N=Cc1ccco1)c1ccccc1O[Si](C)C. The lowest BCUT2D eigenvalue weighted by atomic mass is 10.1. The first kappa shape index (κ1) is 13.6. The summed E-state index contributed by atoms with van der Waals surface area (Å²) >= 11 is 0. The first-order valence-electron chi connectivity index (χ1n) is 6.30. The lowest BCUT2D eigenvalue weighted by Gasteiger charge is -2.15. The van der Waals surface area contributed by atoms with Gasteiger partial charge in [0.25, 0.3) is 9.04 Å². The van der Waals surface area contributed by atoms with Crippen LogP contribution in [0.1, 0.15) is 24.3 Å². The third-order valence-corrected chi connectivity index (χ3v) is 3.28. The number of hydrogen-bond donors (Lipinski definition) is 0. The van der Waals surface area contributed by atoms with Crippen LogP contribution in [0, 0.1) is 0 Å². The van der Waals surface area contributed by atoms with Crippen molar-refractivity contribution < 1.29 is 8.84 Å². The second kappa shape index (κ2) is 6.38. The molecule has 4 heteroatoms. The van der Waals surface area contributed by atoms with E-state index in [1.807, 2.05) is 30.3 Å². The van der Waals surface area contributed by atoms with Crippen molar-refractivity contribution in [1.82, 2.24) is 0 Å². The zero-order valence-electron chi connectivity index (χ0n) is 11.5. The molecule has 0 aliphatic heterocycles. The van der Waals surface area contributed by atoms with Gasteiger partial charge in [-0.2, -0.15) is 0 Å². The van der Waals surface area contributed by atoms with E-state index in [0.29, 0.717) is 0 Å². The molecule has 99 valence electrons. The average Bonchev–Trinajstić information content (AvgIpc) is 2.89. The Kier molecular flexibility index (Phi) is 4.57. The van der Waals surface area contributed by atoms with E-state index in [2.05, 4.69) is 31.1 Å². The summed E-state index contributed by atoms with van der Waals surface area (Å²) in [4.78, 5) is 4.52. The molecule has 0 aliphatic rings. The molecule has 19 heavy (non-hydrogen) atoms. The Morgan fingerprint density at radius 2 is 2.00 bits per heavy atom. The second-order valence-corrected chi connectivity index (χ2v) is 6.54. The van der Waals surface area contributed by atoms with Crippen LogP contribution in [-0.2, 0) is 0 Å². The third kappa shape index (κ3) is 3.82. The van der Waals surface area contributed by atoms with Crippen molar-refractivity contribution in [1.29, 1.82) is 0 Å². The maximum Gasteiger partial charge on any atom is 0.274 e. The van der Waals surface area contributed by atoms with E-state index in [4.69, 9.17) is 8.84 Å². The molecule has 0 aliphatic carbocycles. The van der Waals surface area contributed by atoms with Gasteiger partial charge in [0, 0.05) is 5.56 Å². The van der Waals surface area contributed by atoms with Crippen LogP contribution in [0.25, 0.3) is 0 Å². The number of hydrogen-bond acceptors (Lipinski definition) is 3. The number of benzene rings is 1. The quantitative estimate of drug-likeness (QED) is 0.607. The van der Waals surface area contributed by atoms with Gasteiger partial charge in [-0.25, -0.2) is 0 Å². The molecule has 1 unspecified atom stereocenters. The summed E-state index contributed by atoms with van der Waals surface area (Å²) < 4.78 is 11.1. The standard InChI is InChI=1S/C15H18NO2Si/c1-12(16-11-13-7-6-10-17-13)14-8-4-5-9-15(14)18-19(2)3/h4-12H,1-3H3. The summed E-state index contributed by atoms with van der Waals surface area (Å²) in [5.41, 5.74) is 1.11. The maximum absolute atomic E-state index is 5.91. The fraction of sp³-hybridized carbons (Fsp3) is 0.267. The van der Waals surface area contributed by atoms with Gasteiger partial charge in [-0.1, -0.05) is 18.2 Å². The summed E-state index contributed by atoms with van der Waals surface area (Å²) in [5, 5.41) is 0. The molecule has 0 fully saturated rings. The Morgan fingerprint density at radius 1 is 1.21 bits per heavy atom. The van der Waals surface area contributed by atoms with Crippen molar-refractivity contribution in [3.63, 3.8) is 0 Å². The van der Waals surface area contributed by atoms with Crippen molar-refractivity contribution in [2.24, 2.45) is 4.99 Å². The lowest BCUT2D eigenvalue weighted by molar-refractivity contribution is 0.556. The van der Waals surface area contributed by atoms with Gasteiger partial charge in [-0.05, 0) is 38.2 Å². The van der Waals surface area contributed by atoms with Gasteiger partial charge in [0.05, 0.1) is 18.5 Å². The highest BCUT2D eigenvalue weighted by Gasteiger charge is 2.11. The fourth-order valence-electron chi connectivity index (χ4n) is 1.77. The van der Waals surface area contributed by atoms with Gasteiger partial charge in [0.2, 0.25) is 0 Å². The number of furan rings is 1. The van der Waals surface area contributed by atoms with Crippen molar-refractivity contribution in [3.8, 4) is 5.75 Å². The molecule has 1 radical (unpaired) electrons. The minimum Gasteiger partial charge on any atom is -0.542 e. The number of nitrogens with zero attached hydrogens (tertiary/aromatic N) is 1. The Balaban J connectivity index is 2.16. The zero-order chi connectivity index (χ0) is 13.7. The molecular formula is C15H18NO2Si.